The molecule has 26 heavy (non-hydrogen) atoms. The zero-order valence-corrected chi connectivity index (χ0v) is 14.9. The number of fused-ring (bicyclic) bond motifs is 1. The van der Waals surface area contributed by atoms with E-state index < -0.39 is 6.23 Å². The molecule has 0 saturated heterocycles. The maximum absolute atomic E-state index is 10.3. The van der Waals surface area contributed by atoms with Crippen LogP contribution in [-0.4, -0.2) is 35.5 Å². The Kier molecular flexibility index (Phi) is 4.25. The summed E-state index contributed by atoms with van der Waals surface area (Å²) in [6.07, 6.45) is 0.848. The second-order valence-electron chi connectivity index (χ2n) is 6.82. The molecular weight excluding hydrogens is 334 g/mol. The van der Waals surface area contributed by atoms with E-state index in [4.69, 9.17) is 4.52 Å². The van der Waals surface area contributed by atoms with Crippen molar-refractivity contribution in [3.05, 3.63) is 41.0 Å². The second-order valence-corrected chi connectivity index (χ2v) is 6.82. The van der Waals surface area contributed by atoms with Gasteiger partial charge in [-0.25, -0.2) is 0 Å². The molecule has 0 fully saturated rings. The molecule has 4 rings (SSSR count). The van der Waals surface area contributed by atoms with E-state index in [9.17, 15) is 5.11 Å². The molecule has 0 saturated carbocycles. The fraction of sp³-hybridized carbons (Fsp3) is 0.471. The molecule has 2 atom stereocenters. The number of tetrazole rings is 1. The van der Waals surface area contributed by atoms with Gasteiger partial charge in [0.1, 0.15) is 0 Å². The van der Waals surface area contributed by atoms with Gasteiger partial charge in [0.05, 0.1) is 7.05 Å². The van der Waals surface area contributed by atoms with Crippen molar-refractivity contribution in [3.8, 4) is 11.4 Å². The van der Waals surface area contributed by atoms with E-state index in [0.717, 1.165) is 24.0 Å². The maximum Gasteiger partial charge on any atom is 0.229 e. The molecule has 2 heterocycles. The van der Waals surface area contributed by atoms with Crippen LogP contribution in [0.3, 0.4) is 0 Å². The summed E-state index contributed by atoms with van der Waals surface area (Å²) in [7, 11) is 1.66. The topological polar surface area (TPSA) is 115 Å². The van der Waals surface area contributed by atoms with Crippen LogP contribution in [0.1, 0.15) is 61.3 Å². The average Bonchev–Trinajstić information content (AvgIpc) is 3.34. The van der Waals surface area contributed by atoms with Gasteiger partial charge in [-0.2, -0.15) is 9.78 Å². The van der Waals surface area contributed by atoms with Gasteiger partial charge in [0.15, 0.2) is 6.23 Å². The van der Waals surface area contributed by atoms with E-state index in [1.54, 1.807) is 7.05 Å². The number of rotatable bonds is 5. The number of benzene rings is 1. The lowest BCUT2D eigenvalue weighted by Crippen LogP contribution is -2.26. The minimum Gasteiger partial charge on any atom is -0.371 e. The molecule has 9 nitrogen and oxygen atoms in total. The maximum atomic E-state index is 10.3. The molecule has 1 aliphatic carbocycles. The third kappa shape index (κ3) is 3.11. The predicted octanol–water partition coefficient (Wildman–Crippen LogP) is 1.65. The molecule has 9 heteroatoms. The summed E-state index contributed by atoms with van der Waals surface area (Å²) in [4.78, 5) is 5.78. The number of nitrogens with zero attached hydrogens (tertiary/aromatic N) is 6. The van der Waals surface area contributed by atoms with E-state index in [0.29, 0.717) is 11.7 Å². The van der Waals surface area contributed by atoms with Gasteiger partial charge in [-0.3, -0.25) is 5.32 Å². The zero-order chi connectivity index (χ0) is 18.3. The molecule has 136 valence electrons. The molecule has 0 aliphatic heterocycles. The van der Waals surface area contributed by atoms with Crippen LogP contribution in [0.25, 0.3) is 11.4 Å². The number of aliphatic hydroxyl groups excluding tert-OH is 1. The van der Waals surface area contributed by atoms with Gasteiger partial charge in [0.2, 0.25) is 17.5 Å². The van der Waals surface area contributed by atoms with Crippen molar-refractivity contribution in [1.82, 2.24) is 35.7 Å². The Morgan fingerprint density at radius 3 is 2.88 bits per heavy atom. The Labute approximate surface area is 150 Å². The van der Waals surface area contributed by atoms with E-state index in [1.165, 1.54) is 10.4 Å². The summed E-state index contributed by atoms with van der Waals surface area (Å²) in [6.45, 7) is 4.04. The van der Waals surface area contributed by atoms with Crippen LogP contribution in [0.15, 0.2) is 22.7 Å². The molecule has 0 bridgehead atoms. The standard InChI is InChI=1S/C17H21N7O2/c1-9(2)17-19-14(22-26-17)11-4-6-12-10(8-11)5-7-13(12)18-16(25)15-20-23-24(3)21-15/h4,6,8-9,13,16,18,25H,5,7H2,1-3H3/t13-,16?/m1/s1. The van der Waals surface area contributed by atoms with Crippen molar-refractivity contribution in [1.29, 1.82) is 0 Å². The Morgan fingerprint density at radius 2 is 2.19 bits per heavy atom. The van der Waals surface area contributed by atoms with Crippen LogP contribution < -0.4 is 5.32 Å². The van der Waals surface area contributed by atoms with Crippen molar-refractivity contribution >= 4 is 0 Å². The molecule has 2 N–H and O–H groups in total. The van der Waals surface area contributed by atoms with Crippen molar-refractivity contribution in [2.45, 2.75) is 44.9 Å². The first-order valence-corrected chi connectivity index (χ1v) is 8.66. The highest BCUT2D eigenvalue weighted by Crippen LogP contribution is 2.34. The van der Waals surface area contributed by atoms with Gasteiger partial charge in [-0.15, -0.1) is 10.2 Å². The van der Waals surface area contributed by atoms with E-state index in [2.05, 4.69) is 43.0 Å². The number of nitrogens with one attached hydrogen (secondary N) is 1. The average molecular weight is 355 g/mol. The molecule has 3 aromatic rings. The van der Waals surface area contributed by atoms with Crippen LogP contribution in [-0.2, 0) is 13.5 Å². The highest BCUT2D eigenvalue weighted by Gasteiger charge is 2.27. The van der Waals surface area contributed by atoms with E-state index in [1.807, 2.05) is 19.9 Å². The number of hydrogen-bond donors (Lipinski definition) is 2. The highest BCUT2D eigenvalue weighted by atomic mass is 16.5. The van der Waals surface area contributed by atoms with Gasteiger partial charge in [-0.05, 0) is 35.2 Å². The minimum absolute atomic E-state index is 0.0364. The fourth-order valence-electron chi connectivity index (χ4n) is 3.19. The Balaban J connectivity index is 1.52. The molecule has 0 amide bonds. The third-order valence-electron chi connectivity index (χ3n) is 4.54. The lowest BCUT2D eigenvalue weighted by molar-refractivity contribution is 0.114. The third-order valence-corrected chi connectivity index (χ3v) is 4.54. The summed E-state index contributed by atoms with van der Waals surface area (Å²) >= 11 is 0. The lowest BCUT2D eigenvalue weighted by atomic mass is 10.0. The van der Waals surface area contributed by atoms with Gasteiger partial charge >= 0.3 is 0 Å². The normalized spacial score (nSPS) is 17.7. The molecule has 1 aromatic carbocycles. The number of aryl methyl sites for hydroxylation is 2. The van der Waals surface area contributed by atoms with E-state index >= 15 is 0 Å². The SMILES string of the molecule is CC(C)c1nc(-c2ccc3c(c2)CC[C@H]3NC(O)c2nnn(C)n2)no1. The van der Waals surface area contributed by atoms with Gasteiger partial charge < -0.3 is 9.63 Å². The molecule has 2 aromatic heterocycles. The number of aromatic nitrogens is 6. The smallest absolute Gasteiger partial charge is 0.229 e. The predicted molar refractivity (Wildman–Crippen MR) is 91.8 cm³/mol. The van der Waals surface area contributed by atoms with Crippen LogP contribution in [0.4, 0.5) is 0 Å². The van der Waals surface area contributed by atoms with Crippen molar-refractivity contribution in [3.63, 3.8) is 0 Å². The van der Waals surface area contributed by atoms with Crippen molar-refractivity contribution < 1.29 is 9.63 Å². The Morgan fingerprint density at radius 1 is 1.35 bits per heavy atom. The van der Waals surface area contributed by atoms with Crippen LogP contribution >= 0.6 is 0 Å². The molecular formula is C17H21N7O2. The molecule has 0 radical (unpaired) electrons. The first kappa shape index (κ1) is 16.8. The van der Waals surface area contributed by atoms with Gasteiger partial charge in [0.25, 0.3) is 0 Å². The summed E-state index contributed by atoms with van der Waals surface area (Å²) in [5.41, 5.74) is 3.32. The highest BCUT2D eigenvalue weighted by molar-refractivity contribution is 5.58. The first-order valence-electron chi connectivity index (χ1n) is 8.66. The van der Waals surface area contributed by atoms with Crippen LogP contribution in [0, 0.1) is 0 Å². The Bertz CT molecular complexity index is 917. The van der Waals surface area contributed by atoms with E-state index in [-0.39, 0.29) is 17.8 Å². The van der Waals surface area contributed by atoms with Crippen LogP contribution in [0.2, 0.25) is 0 Å². The summed E-state index contributed by atoms with van der Waals surface area (Å²) in [5.74, 6) is 1.72. The largest absolute Gasteiger partial charge is 0.371 e. The quantitative estimate of drug-likeness (QED) is 0.664. The summed E-state index contributed by atoms with van der Waals surface area (Å²) in [5, 5.41) is 29.2. The summed E-state index contributed by atoms with van der Waals surface area (Å²) in [6, 6.07) is 6.17. The van der Waals surface area contributed by atoms with Gasteiger partial charge in [0, 0.05) is 17.5 Å². The van der Waals surface area contributed by atoms with Crippen molar-refractivity contribution in [2.75, 3.05) is 0 Å². The monoisotopic (exact) mass is 355 g/mol. The summed E-state index contributed by atoms with van der Waals surface area (Å²) < 4.78 is 5.30. The first-order chi connectivity index (χ1) is 12.5. The van der Waals surface area contributed by atoms with Crippen LogP contribution in [0.5, 0.6) is 0 Å². The second kappa shape index (κ2) is 6.58. The molecule has 0 spiro atoms. The molecule has 1 unspecified atom stereocenters. The number of hydrogen-bond acceptors (Lipinski definition) is 8. The zero-order valence-electron chi connectivity index (χ0n) is 14.9. The molecule has 1 aliphatic rings. The minimum atomic E-state index is -0.954. The fourth-order valence-corrected chi connectivity index (χ4v) is 3.19. The Hall–Kier alpha value is -2.65. The number of aliphatic hydroxyl groups is 1. The lowest BCUT2D eigenvalue weighted by Gasteiger charge is -2.17. The van der Waals surface area contributed by atoms with Gasteiger partial charge in [-0.1, -0.05) is 31.1 Å². The van der Waals surface area contributed by atoms with Crippen molar-refractivity contribution in [2.24, 2.45) is 7.05 Å².